The number of hydrogen-bond acceptors (Lipinski definition) is 2. The number of nitrogens with one attached hydrogen (secondary N) is 1. The Labute approximate surface area is 90.4 Å². The lowest BCUT2D eigenvalue weighted by Crippen LogP contribution is -2.11. The van der Waals surface area contributed by atoms with Gasteiger partial charge in [-0.05, 0) is 17.7 Å². The van der Waals surface area contributed by atoms with Gasteiger partial charge >= 0.3 is 0 Å². The summed E-state index contributed by atoms with van der Waals surface area (Å²) in [4.78, 5) is 13.0. The first kappa shape index (κ1) is 11.3. The van der Waals surface area contributed by atoms with E-state index in [4.69, 9.17) is 0 Å². The van der Waals surface area contributed by atoms with Crippen LogP contribution in [-0.4, -0.2) is 20.0 Å². The van der Waals surface area contributed by atoms with Gasteiger partial charge in [0.15, 0.2) is 0 Å². The number of benzene rings is 1. The Kier molecular flexibility index (Phi) is 3.50. The van der Waals surface area contributed by atoms with Crippen molar-refractivity contribution in [2.75, 3.05) is 24.3 Å². The van der Waals surface area contributed by atoms with Gasteiger partial charge in [0.1, 0.15) is 0 Å². The lowest BCUT2D eigenvalue weighted by molar-refractivity contribution is -0.114. The molecule has 0 radical (unpaired) electrons. The van der Waals surface area contributed by atoms with Gasteiger partial charge in [-0.1, -0.05) is 18.7 Å². The molecule has 80 valence electrons. The maximum Gasteiger partial charge on any atom is 0.221 e. The molecule has 0 aliphatic carbocycles. The second-order valence-electron chi connectivity index (χ2n) is 3.55. The minimum atomic E-state index is -0.0750. The van der Waals surface area contributed by atoms with Crippen LogP contribution in [0.2, 0.25) is 0 Å². The van der Waals surface area contributed by atoms with Crippen molar-refractivity contribution in [2.24, 2.45) is 0 Å². The highest BCUT2D eigenvalue weighted by Crippen LogP contribution is 2.23. The van der Waals surface area contributed by atoms with Gasteiger partial charge in [-0.15, -0.1) is 0 Å². The predicted octanol–water partition coefficient (Wildman–Crippen LogP) is 2.35. The first-order valence-corrected chi connectivity index (χ1v) is 4.76. The van der Waals surface area contributed by atoms with Crippen LogP contribution in [0, 0.1) is 0 Å². The second kappa shape index (κ2) is 4.64. The topological polar surface area (TPSA) is 32.3 Å². The summed E-state index contributed by atoms with van der Waals surface area (Å²) in [5.74, 6) is -0.0750. The maximum atomic E-state index is 11.0. The molecule has 15 heavy (non-hydrogen) atoms. The molecule has 0 aliphatic rings. The van der Waals surface area contributed by atoms with Gasteiger partial charge in [0.25, 0.3) is 0 Å². The van der Waals surface area contributed by atoms with E-state index in [0.717, 1.165) is 16.9 Å². The van der Waals surface area contributed by atoms with Gasteiger partial charge < -0.3 is 10.2 Å². The smallest absolute Gasteiger partial charge is 0.221 e. The van der Waals surface area contributed by atoms with Gasteiger partial charge in [-0.25, -0.2) is 0 Å². The van der Waals surface area contributed by atoms with Crippen molar-refractivity contribution < 1.29 is 4.79 Å². The molecule has 0 fully saturated rings. The minimum Gasteiger partial charge on any atom is -0.378 e. The third-order valence-corrected chi connectivity index (χ3v) is 2.08. The van der Waals surface area contributed by atoms with Crippen molar-refractivity contribution in [1.29, 1.82) is 0 Å². The Balaban J connectivity index is 3.12. The Morgan fingerprint density at radius 3 is 2.60 bits per heavy atom. The van der Waals surface area contributed by atoms with Crippen LogP contribution >= 0.6 is 0 Å². The highest BCUT2D eigenvalue weighted by molar-refractivity contribution is 5.92. The fourth-order valence-electron chi connectivity index (χ4n) is 1.30. The molecule has 0 saturated heterocycles. The summed E-state index contributed by atoms with van der Waals surface area (Å²) in [7, 11) is 3.92. The lowest BCUT2D eigenvalue weighted by Gasteiger charge is -2.15. The Bertz CT molecular complexity index is 383. The number of anilines is 2. The van der Waals surface area contributed by atoms with Crippen LogP contribution < -0.4 is 10.2 Å². The molecule has 0 atom stereocenters. The summed E-state index contributed by atoms with van der Waals surface area (Å²) < 4.78 is 0. The van der Waals surface area contributed by atoms with Crippen LogP contribution in [0.15, 0.2) is 24.8 Å². The van der Waals surface area contributed by atoms with Crippen LogP contribution in [0.4, 0.5) is 11.4 Å². The number of carbonyl (C=O) groups excluding carboxylic acids is 1. The molecule has 1 N–H and O–H groups in total. The summed E-state index contributed by atoms with van der Waals surface area (Å²) in [6.07, 6.45) is 1.73. The molecule has 3 nitrogen and oxygen atoms in total. The zero-order chi connectivity index (χ0) is 11.4. The van der Waals surface area contributed by atoms with E-state index in [1.165, 1.54) is 6.92 Å². The highest BCUT2D eigenvalue weighted by atomic mass is 16.1. The molecule has 1 rings (SSSR count). The Morgan fingerprint density at radius 2 is 2.13 bits per heavy atom. The first-order chi connectivity index (χ1) is 7.04. The predicted molar refractivity (Wildman–Crippen MR) is 65.2 cm³/mol. The van der Waals surface area contributed by atoms with Crippen LogP contribution in [0.1, 0.15) is 12.5 Å². The number of carbonyl (C=O) groups is 1. The average molecular weight is 204 g/mol. The van der Waals surface area contributed by atoms with Crippen molar-refractivity contribution in [2.45, 2.75) is 6.92 Å². The molecule has 0 aromatic heterocycles. The van der Waals surface area contributed by atoms with E-state index in [9.17, 15) is 4.79 Å². The zero-order valence-corrected chi connectivity index (χ0v) is 9.37. The van der Waals surface area contributed by atoms with Crippen LogP contribution in [0.5, 0.6) is 0 Å². The Hall–Kier alpha value is -1.77. The van der Waals surface area contributed by atoms with Gasteiger partial charge in [-0.2, -0.15) is 0 Å². The number of amides is 1. The van der Waals surface area contributed by atoms with Crippen LogP contribution in [-0.2, 0) is 4.79 Å². The average Bonchev–Trinajstić information content (AvgIpc) is 2.16. The summed E-state index contributed by atoms with van der Waals surface area (Å²) in [5.41, 5.74) is 2.77. The van der Waals surface area contributed by atoms with Gasteiger partial charge in [0, 0.05) is 32.4 Å². The molecule has 0 saturated carbocycles. The molecule has 1 aromatic rings. The standard InChI is InChI=1S/C12H16N2O/c1-5-10-6-7-11(14(3)4)8-12(10)13-9(2)15/h5-8H,1H2,2-4H3,(H,13,15). The van der Waals surface area contributed by atoms with Crippen LogP contribution in [0.3, 0.4) is 0 Å². The maximum absolute atomic E-state index is 11.0. The van der Waals surface area contributed by atoms with Crippen molar-refractivity contribution in [1.82, 2.24) is 0 Å². The van der Waals surface area contributed by atoms with Crippen molar-refractivity contribution in [3.05, 3.63) is 30.3 Å². The summed E-state index contributed by atoms with van der Waals surface area (Å²) in [6, 6.07) is 5.86. The van der Waals surface area contributed by atoms with E-state index in [-0.39, 0.29) is 5.91 Å². The molecule has 1 amide bonds. The molecule has 0 spiro atoms. The zero-order valence-electron chi connectivity index (χ0n) is 9.37. The largest absolute Gasteiger partial charge is 0.378 e. The molecule has 0 heterocycles. The minimum absolute atomic E-state index is 0.0750. The summed E-state index contributed by atoms with van der Waals surface area (Å²) >= 11 is 0. The normalized spacial score (nSPS) is 9.53. The summed E-state index contributed by atoms with van der Waals surface area (Å²) in [5, 5.41) is 2.78. The van der Waals surface area contributed by atoms with Crippen LogP contribution in [0.25, 0.3) is 6.08 Å². The first-order valence-electron chi connectivity index (χ1n) is 4.76. The number of nitrogens with zero attached hydrogens (tertiary/aromatic N) is 1. The van der Waals surface area contributed by atoms with Crippen molar-refractivity contribution >= 4 is 23.4 Å². The van der Waals surface area contributed by atoms with E-state index >= 15 is 0 Å². The van der Waals surface area contributed by atoms with Crippen molar-refractivity contribution in [3.8, 4) is 0 Å². The van der Waals surface area contributed by atoms with Gasteiger partial charge in [-0.3, -0.25) is 4.79 Å². The third kappa shape index (κ3) is 2.84. The molecular weight excluding hydrogens is 188 g/mol. The summed E-state index contributed by atoms with van der Waals surface area (Å²) in [6.45, 7) is 5.20. The third-order valence-electron chi connectivity index (χ3n) is 2.08. The van der Waals surface area contributed by atoms with E-state index in [2.05, 4.69) is 11.9 Å². The van der Waals surface area contributed by atoms with E-state index in [1.54, 1.807) is 6.08 Å². The lowest BCUT2D eigenvalue weighted by atomic mass is 10.1. The molecule has 0 unspecified atom stereocenters. The Morgan fingerprint density at radius 1 is 1.47 bits per heavy atom. The fourth-order valence-corrected chi connectivity index (χ4v) is 1.30. The molecule has 0 aliphatic heterocycles. The number of hydrogen-bond donors (Lipinski definition) is 1. The number of rotatable bonds is 3. The fraction of sp³-hybridized carbons (Fsp3) is 0.250. The monoisotopic (exact) mass is 204 g/mol. The van der Waals surface area contributed by atoms with E-state index in [1.807, 2.05) is 37.2 Å². The van der Waals surface area contributed by atoms with Crippen molar-refractivity contribution in [3.63, 3.8) is 0 Å². The van der Waals surface area contributed by atoms with E-state index < -0.39 is 0 Å². The van der Waals surface area contributed by atoms with Gasteiger partial charge in [0.2, 0.25) is 5.91 Å². The second-order valence-corrected chi connectivity index (χ2v) is 3.55. The SMILES string of the molecule is C=Cc1ccc(N(C)C)cc1NC(C)=O. The molecule has 3 heteroatoms. The molecule has 0 bridgehead atoms. The molecule has 1 aromatic carbocycles. The van der Waals surface area contributed by atoms with E-state index in [0.29, 0.717) is 0 Å². The quantitative estimate of drug-likeness (QED) is 0.819. The van der Waals surface area contributed by atoms with Gasteiger partial charge in [0.05, 0.1) is 0 Å². The molecular formula is C12H16N2O. The highest BCUT2D eigenvalue weighted by Gasteiger charge is 2.03.